The Morgan fingerprint density at radius 3 is 3.12 bits per heavy atom. The standard InChI is InChI=1S/C11H16ClN3S/c1-8-5-10(12)15-11(14-8)16-7-9-3-2-4-13-6-9/h5,9,13H,2-4,6-7H2,1H3/t9-/m1/s1. The van der Waals surface area contributed by atoms with Gasteiger partial charge in [0.15, 0.2) is 5.16 Å². The third-order valence-electron chi connectivity index (χ3n) is 2.65. The summed E-state index contributed by atoms with van der Waals surface area (Å²) in [5.74, 6) is 1.81. The van der Waals surface area contributed by atoms with Crippen LogP contribution in [0.15, 0.2) is 11.2 Å². The minimum absolute atomic E-state index is 0.539. The van der Waals surface area contributed by atoms with Crippen LogP contribution in [0.5, 0.6) is 0 Å². The predicted molar refractivity (Wildman–Crippen MR) is 68.1 cm³/mol. The second kappa shape index (κ2) is 5.84. The number of halogens is 1. The first-order valence-electron chi connectivity index (χ1n) is 5.59. The van der Waals surface area contributed by atoms with Crippen molar-refractivity contribution in [1.82, 2.24) is 15.3 Å². The average Bonchev–Trinajstić information content (AvgIpc) is 2.27. The van der Waals surface area contributed by atoms with E-state index in [2.05, 4.69) is 15.3 Å². The molecule has 0 aliphatic carbocycles. The minimum Gasteiger partial charge on any atom is -0.316 e. The van der Waals surface area contributed by atoms with Crippen LogP contribution in [0, 0.1) is 12.8 Å². The van der Waals surface area contributed by atoms with Gasteiger partial charge in [-0.25, -0.2) is 9.97 Å². The van der Waals surface area contributed by atoms with Crippen molar-refractivity contribution in [2.24, 2.45) is 5.92 Å². The SMILES string of the molecule is Cc1cc(Cl)nc(SC[C@@H]2CCCNC2)n1. The lowest BCUT2D eigenvalue weighted by Crippen LogP contribution is -2.30. The predicted octanol–water partition coefficient (Wildman–Crippen LogP) is 2.53. The lowest BCUT2D eigenvalue weighted by molar-refractivity contribution is 0.410. The van der Waals surface area contributed by atoms with Gasteiger partial charge >= 0.3 is 0 Å². The van der Waals surface area contributed by atoms with E-state index >= 15 is 0 Å². The molecule has 5 heteroatoms. The molecule has 1 aliphatic rings. The number of hydrogen-bond donors (Lipinski definition) is 1. The fourth-order valence-electron chi connectivity index (χ4n) is 1.83. The van der Waals surface area contributed by atoms with Gasteiger partial charge in [0.05, 0.1) is 0 Å². The smallest absolute Gasteiger partial charge is 0.189 e. The van der Waals surface area contributed by atoms with Crippen molar-refractivity contribution in [1.29, 1.82) is 0 Å². The van der Waals surface area contributed by atoms with Gasteiger partial charge in [-0.1, -0.05) is 23.4 Å². The van der Waals surface area contributed by atoms with Crippen molar-refractivity contribution in [3.8, 4) is 0 Å². The molecule has 1 aromatic rings. The van der Waals surface area contributed by atoms with Crippen molar-refractivity contribution < 1.29 is 0 Å². The number of piperidine rings is 1. The van der Waals surface area contributed by atoms with Crippen LogP contribution in [0.4, 0.5) is 0 Å². The molecule has 0 saturated carbocycles. The molecule has 88 valence electrons. The van der Waals surface area contributed by atoms with Crippen LogP contribution in [0.1, 0.15) is 18.5 Å². The summed E-state index contributed by atoms with van der Waals surface area (Å²) in [5, 5.41) is 4.75. The molecule has 2 rings (SSSR count). The van der Waals surface area contributed by atoms with Crippen LogP contribution in [0.3, 0.4) is 0 Å². The Kier molecular flexibility index (Phi) is 4.44. The number of nitrogens with zero attached hydrogens (tertiary/aromatic N) is 2. The zero-order valence-corrected chi connectivity index (χ0v) is 10.9. The molecule has 0 unspecified atom stereocenters. The number of hydrogen-bond acceptors (Lipinski definition) is 4. The summed E-state index contributed by atoms with van der Waals surface area (Å²) in [5.41, 5.74) is 0.935. The number of aromatic nitrogens is 2. The largest absolute Gasteiger partial charge is 0.316 e. The van der Waals surface area contributed by atoms with E-state index in [1.54, 1.807) is 17.8 Å². The van der Waals surface area contributed by atoms with E-state index in [1.165, 1.54) is 12.8 Å². The second-order valence-corrected chi connectivity index (χ2v) is 5.51. The first-order chi connectivity index (χ1) is 7.74. The Bertz CT molecular complexity index is 333. The van der Waals surface area contributed by atoms with Crippen molar-refractivity contribution in [3.63, 3.8) is 0 Å². The van der Waals surface area contributed by atoms with E-state index in [0.717, 1.165) is 35.6 Å². The molecule has 16 heavy (non-hydrogen) atoms. The lowest BCUT2D eigenvalue weighted by Gasteiger charge is -2.21. The molecule has 0 spiro atoms. The van der Waals surface area contributed by atoms with Crippen molar-refractivity contribution >= 4 is 23.4 Å². The summed E-state index contributed by atoms with van der Waals surface area (Å²) in [6.07, 6.45) is 2.58. The molecule has 1 aliphatic heterocycles. The maximum Gasteiger partial charge on any atom is 0.189 e. The van der Waals surface area contributed by atoms with E-state index in [0.29, 0.717) is 5.15 Å². The summed E-state index contributed by atoms with van der Waals surface area (Å²) < 4.78 is 0. The Morgan fingerprint density at radius 2 is 2.44 bits per heavy atom. The first-order valence-corrected chi connectivity index (χ1v) is 6.95. The number of rotatable bonds is 3. The van der Waals surface area contributed by atoms with Crippen molar-refractivity contribution in [2.45, 2.75) is 24.9 Å². The molecular weight excluding hydrogens is 242 g/mol. The Morgan fingerprint density at radius 1 is 1.56 bits per heavy atom. The number of thioether (sulfide) groups is 1. The number of aryl methyl sites for hydroxylation is 1. The van der Waals surface area contributed by atoms with Gasteiger partial charge in [0.2, 0.25) is 0 Å². The second-order valence-electron chi connectivity index (χ2n) is 4.14. The molecule has 0 aromatic carbocycles. The molecule has 1 N–H and O–H groups in total. The van der Waals surface area contributed by atoms with Gasteiger partial charge in [0, 0.05) is 11.4 Å². The summed E-state index contributed by atoms with van der Waals surface area (Å²) in [6, 6.07) is 1.79. The highest BCUT2D eigenvalue weighted by Crippen LogP contribution is 2.22. The van der Waals surface area contributed by atoms with Crippen LogP contribution >= 0.6 is 23.4 Å². The normalized spacial score (nSPS) is 21.0. The number of nitrogens with one attached hydrogen (secondary N) is 1. The maximum atomic E-state index is 5.89. The molecule has 3 nitrogen and oxygen atoms in total. The monoisotopic (exact) mass is 257 g/mol. The van der Waals surface area contributed by atoms with Crippen molar-refractivity contribution in [2.75, 3.05) is 18.8 Å². The van der Waals surface area contributed by atoms with Gasteiger partial charge < -0.3 is 5.32 Å². The molecule has 0 radical (unpaired) electrons. The third-order valence-corrected chi connectivity index (χ3v) is 3.92. The fraction of sp³-hybridized carbons (Fsp3) is 0.636. The average molecular weight is 258 g/mol. The van der Waals surface area contributed by atoms with E-state index in [9.17, 15) is 0 Å². The van der Waals surface area contributed by atoms with E-state index in [-0.39, 0.29) is 0 Å². The molecule has 2 heterocycles. The van der Waals surface area contributed by atoms with Gasteiger partial charge in [-0.3, -0.25) is 0 Å². The van der Waals surface area contributed by atoms with Crippen molar-refractivity contribution in [3.05, 3.63) is 16.9 Å². The molecule has 1 atom stereocenters. The summed E-state index contributed by atoms with van der Waals surface area (Å²) in [4.78, 5) is 8.58. The lowest BCUT2D eigenvalue weighted by atomic mass is 10.0. The Balaban J connectivity index is 1.88. The minimum atomic E-state index is 0.539. The van der Waals surface area contributed by atoms with Crippen LogP contribution in [-0.4, -0.2) is 28.8 Å². The summed E-state index contributed by atoms with van der Waals surface area (Å²) >= 11 is 7.60. The highest BCUT2D eigenvalue weighted by molar-refractivity contribution is 7.99. The molecule has 0 amide bonds. The van der Waals surface area contributed by atoms with Crippen LogP contribution in [0.2, 0.25) is 5.15 Å². The van der Waals surface area contributed by atoms with E-state index in [1.807, 2.05) is 6.92 Å². The highest BCUT2D eigenvalue weighted by atomic mass is 35.5. The van der Waals surface area contributed by atoms with Gasteiger partial charge in [0.1, 0.15) is 5.15 Å². The van der Waals surface area contributed by atoms with Crippen LogP contribution < -0.4 is 5.32 Å². The van der Waals surface area contributed by atoms with Crippen LogP contribution in [-0.2, 0) is 0 Å². The highest BCUT2D eigenvalue weighted by Gasteiger charge is 2.14. The maximum absolute atomic E-state index is 5.89. The van der Waals surface area contributed by atoms with Gasteiger partial charge in [-0.15, -0.1) is 0 Å². The molecule has 1 fully saturated rings. The Hall–Kier alpha value is -0.320. The van der Waals surface area contributed by atoms with E-state index in [4.69, 9.17) is 11.6 Å². The summed E-state index contributed by atoms with van der Waals surface area (Å²) in [6.45, 7) is 4.22. The quantitative estimate of drug-likeness (QED) is 0.513. The van der Waals surface area contributed by atoms with Gasteiger partial charge in [-0.2, -0.15) is 0 Å². The fourth-order valence-corrected chi connectivity index (χ4v) is 3.16. The first kappa shape index (κ1) is 12.1. The molecule has 1 aromatic heterocycles. The van der Waals surface area contributed by atoms with Gasteiger partial charge in [-0.05, 0) is 44.8 Å². The third kappa shape index (κ3) is 3.61. The van der Waals surface area contributed by atoms with Gasteiger partial charge in [0.25, 0.3) is 0 Å². The molecule has 1 saturated heterocycles. The molecule has 0 bridgehead atoms. The molecular formula is C11H16ClN3S. The van der Waals surface area contributed by atoms with Crippen LogP contribution in [0.25, 0.3) is 0 Å². The topological polar surface area (TPSA) is 37.8 Å². The Labute approximate surface area is 105 Å². The van der Waals surface area contributed by atoms with E-state index < -0.39 is 0 Å². The summed E-state index contributed by atoms with van der Waals surface area (Å²) in [7, 11) is 0. The zero-order valence-electron chi connectivity index (χ0n) is 9.37. The zero-order chi connectivity index (χ0) is 11.4.